The normalized spacial score (nSPS) is 12.4. The molecule has 0 radical (unpaired) electrons. The van der Waals surface area contributed by atoms with Gasteiger partial charge in [-0.1, -0.05) is 38.1 Å². The third-order valence-corrected chi connectivity index (χ3v) is 3.02. The van der Waals surface area contributed by atoms with Crippen LogP contribution in [-0.4, -0.2) is 18.6 Å². The van der Waals surface area contributed by atoms with E-state index in [1.807, 2.05) is 31.2 Å². The summed E-state index contributed by atoms with van der Waals surface area (Å²) in [5.74, 6) is 0.339. The van der Waals surface area contributed by atoms with Crippen LogP contribution >= 0.6 is 0 Å². The molecule has 0 fully saturated rings. The maximum absolute atomic E-state index is 11.8. The van der Waals surface area contributed by atoms with Crippen LogP contribution in [0.5, 0.6) is 0 Å². The molecule has 0 aliphatic carbocycles. The lowest BCUT2D eigenvalue weighted by Crippen LogP contribution is -2.41. The second kappa shape index (κ2) is 8.72. The van der Waals surface area contributed by atoms with Crippen molar-refractivity contribution in [3.05, 3.63) is 35.4 Å². The van der Waals surface area contributed by atoms with Crippen molar-refractivity contribution in [3.8, 4) is 0 Å². The molecule has 1 atom stereocenters. The summed E-state index contributed by atoms with van der Waals surface area (Å²) in [6.07, 6.45) is 0.707. The van der Waals surface area contributed by atoms with Gasteiger partial charge in [0.05, 0.1) is 12.6 Å². The molecule has 0 bridgehead atoms. The number of benzene rings is 1. The van der Waals surface area contributed by atoms with Gasteiger partial charge in [-0.25, -0.2) is 0 Å². The lowest BCUT2D eigenvalue weighted by atomic mass is 10.0. The van der Waals surface area contributed by atoms with E-state index in [4.69, 9.17) is 10.5 Å². The van der Waals surface area contributed by atoms with Crippen LogP contribution in [0, 0.1) is 5.92 Å². The Kier molecular flexibility index (Phi) is 7.26. The summed E-state index contributed by atoms with van der Waals surface area (Å²) < 4.78 is 5.34. The van der Waals surface area contributed by atoms with Gasteiger partial charge in [0.15, 0.2) is 0 Å². The van der Waals surface area contributed by atoms with Crippen molar-refractivity contribution < 1.29 is 9.53 Å². The van der Waals surface area contributed by atoms with Crippen LogP contribution in [0.25, 0.3) is 0 Å². The van der Waals surface area contributed by atoms with Crippen molar-refractivity contribution in [3.63, 3.8) is 0 Å². The number of nitrogens with two attached hydrogens (primary N) is 1. The highest BCUT2D eigenvalue weighted by Crippen LogP contribution is 2.06. The predicted octanol–water partition coefficient (Wildman–Crippen LogP) is 2.21. The number of nitrogens with one attached hydrogen (secondary N) is 1. The van der Waals surface area contributed by atoms with Gasteiger partial charge in [-0.05, 0) is 30.4 Å². The molecule has 1 rings (SSSR count). The first kappa shape index (κ1) is 16.7. The Hall–Kier alpha value is -1.39. The molecule has 0 aliphatic rings. The highest BCUT2D eigenvalue weighted by molar-refractivity contribution is 5.81. The van der Waals surface area contributed by atoms with Crippen molar-refractivity contribution in [1.29, 1.82) is 0 Å². The maximum atomic E-state index is 11.8. The third-order valence-electron chi connectivity index (χ3n) is 3.02. The molecule has 4 heteroatoms. The molecule has 0 saturated heterocycles. The number of hydrogen-bond acceptors (Lipinski definition) is 3. The summed E-state index contributed by atoms with van der Waals surface area (Å²) in [6.45, 7) is 7.95. The highest BCUT2D eigenvalue weighted by atomic mass is 16.5. The van der Waals surface area contributed by atoms with E-state index in [0.717, 1.165) is 11.1 Å². The Labute approximate surface area is 121 Å². The minimum Gasteiger partial charge on any atom is -0.377 e. The topological polar surface area (TPSA) is 64.3 Å². The van der Waals surface area contributed by atoms with Crippen molar-refractivity contribution >= 4 is 5.91 Å². The first-order valence-electron chi connectivity index (χ1n) is 7.21. The van der Waals surface area contributed by atoms with Crippen LogP contribution in [0.3, 0.4) is 0 Å². The van der Waals surface area contributed by atoms with Gasteiger partial charge in [0.25, 0.3) is 0 Å². The van der Waals surface area contributed by atoms with E-state index in [1.165, 1.54) is 0 Å². The van der Waals surface area contributed by atoms with Crippen LogP contribution in [0.4, 0.5) is 0 Å². The molecule has 112 valence electrons. The monoisotopic (exact) mass is 278 g/mol. The fourth-order valence-corrected chi connectivity index (χ4v) is 1.91. The SMILES string of the molecule is CCOCc1ccc(CNC(=O)[C@@H](N)CC(C)C)cc1. The first-order valence-corrected chi connectivity index (χ1v) is 7.21. The summed E-state index contributed by atoms with van der Waals surface area (Å²) in [7, 11) is 0. The quantitative estimate of drug-likeness (QED) is 0.766. The summed E-state index contributed by atoms with van der Waals surface area (Å²) in [5, 5.41) is 2.87. The second-order valence-corrected chi connectivity index (χ2v) is 5.41. The molecular formula is C16H26N2O2. The number of hydrogen-bond donors (Lipinski definition) is 2. The van der Waals surface area contributed by atoms with Crippen LogP contribution in [0.1, 0.15) is 38.3 Å². The van der Waals surface area contributed by atoms with E-state index >= 15 is 0 Å². The van der Waals surface area contributed by atoms with E-state index in [1.54, 1.807) is 0 Å². The minimum atomic E-state index is -0.424. The average Bonchev–Trinajstić information content (AvgIpc) is 2.42. The Morgan fingerprint density at radius 3 is 2.40 bits per heavy atom. The summed E-state index contributed by atoms with van der Waals surface area (Å²) in [5.41, 5.74) is 8.04. The standard InChI is InChI=1S/C16H26N2O2/c1-4-20-11-14-7-5-13(6-8-14)10-18-16(19)15(17)9-12(2)3/h5-8,12,15H,4,9-11,17H2,1-3H3,(H,18,19)/t15-/m0/s1. The molecule has 0 aromatic heterocycles. The minimum absolute atomic E-state index is 0.0860. The first-order chi connectivity index (χ1) is 9.52. The summed E-state index contributed by atoms with van der Waals surface area (Å²) in [6, 6.07) is 7.62. The average molecular weight is 278 g/mol. The number of carbonyl (C=O) groups excluding carboxylic acids is 1. The van der Waals surface area contributed by atoms with Crippen LogP contribution in [0.2, 0.25) is 0 Å². The van der Waals surface area contributed by atoms with Crippen LogP contribution in [-0.2, 0) is 22.7 Å². The zero-order chi connectivity index (χ0) is 15.0. The molecule has 4 nitrogen and oxygen atoms in total. The van der Waals surface area contributed by atoms with Gasteiger partial charge in [-0.15, -0.1) is 0 Å². The number of rotatable bonds is 8. The van der Waals surface area contributed by atoms with Gasteiger partial charge in [0.1, 0.15) is 0 Å². The third kappa shape index (κ3) is 6.17. The van der Waals surface area contributed by atoms with Crippen LogP contribution < -0.4 is 11.1 Å². The Morgan fingerprint density at radius 1 is 1.25 bits per heavy atom. The molecule has 0 heterocycles. The lowest BCUT2D eigenvalue weighted by Gasteiger charge is -2.14. The maximum Gasteiger partial charge on any atom is 0.237 e. The number of amides is 1. The van der Waals surface area contributed by atoms with Gasteiger partial charge in [0, 0.05) is 13.2 Å². The molecule has 1 aromatic rings. The molecule has 1 amide bonds. The molecule has 0 saturated carbocycles. The van der Waals surface area contributed by atoms with E-state index in [-0.39, 0.29) is 5.91 Å². The fraction of sp³-hybridized carbons (Fsp3) is 0.562. The largest absolute Gasteiger partial charge is 0.377 e. The predicted molar refractivity (Wildman–Crippen MR) is 81.0 cm³/mol. The molecule has 20 heavy (non-hydrogen) atoms. The van der Waals surface area contributed by atoms with Crippen molar-refractivity contribution in [2.45, 2.75) is 46.4 Å². The van der Waals surface area contributed by atoms with E-state index in [2.05, 4.69) is 19.2 Å². The summed E-state index contributed by atoms with van der Waals surface area (Å²) in [4.78, 5) is 11.8. The van der Waals surface area contributed by atoms with E-state index < -0.39 is 6.04 Å². The van der Waals surface area contributed by atoms with Gasteiger partial charge >= 0.3 is 0 Å². The van der Waals surface area contributed by atoms with Gasteiger partial charge < -0.3 is 15.8 Å². The van der Waals surface area contributed by atoms with Crippen molar-refractivity contribution in [2.24, 2.45) is 11.7 Å². The highest BCUT2D eigenvalue weighted by Gasteiger charge is 2.14. The van der Waals surface area contributed by atoms with Crippen LogP contribution in [0.15, 0.2) is 24.3 Å². The molecular weight excluding hydrogens is 252 g/mol. The molecule has 0 unspecified atom stereocenters. The second-order valence-electron chi connectivity index (χ2n) is 5.41. The summed E-state index contributed by atoms with van der Waals surface area (Å²) >= 11 is 0. The number of ether oxygens (including phenoxy) is 1. The Bertz CT molecular complexity index is 401. The van der Waals surface area contributed by atoms with Crippen molar-refractivity contribution in [1.82, 2.24) is 5.32 Å². The van der Waals surface area contributed by atoms with E-state index in [9.17, 15) is 4.79 Å². The lowest BCUT2D eigenvalue weighted by molar-refractivity contribution is -0.122. The zero-order valence-electron chi connectivity index (χ0n) is 12.7. The van der Waals surface area contributed by atoms with Gasteiger partial charge in [-0.3, -0.25) is 4.79 Å². The smallest absolute Gasteiger partial charge is 0.237 e. The molecule has 1 aromatic carbocycles. The van der Waals surface area contributed by atoms with Gasteiger partial charge in [-0.2, -0.15) is 0 Å². The number of carbonyl (C=O) groups is 1. The zero-order valence-corrected chi connectivity index (χ0v) is 12.7. The van der Waals surface area contributed by atoms with Gasteiger partial charge in [0.2, 0.25) is 5.91 Å². The molecule has 3 N–H and O–H groups in total. The van der Waals surface area contributed by atoms with Crippen molar-refractivity contribution in [2.75, 3.05) is 6.61 Å². The molecule has 0 aliphatic heterocycles. The van der Waals surface area contributed by atoms with E-state index in [0.29, 0.717) is 32.1 Å². The Balaban J connectivity index is 2.39. The Morgan fingerprint density at radius 2 is 1.85 bits per heavy atom. The fourth-order valence-electron chi connectivity index (χ4n) is 1.91. The molecule has 0 spiro atoms.